The maximum Gasteiger partial charge on any atom is 0.254 e. The molecule has 1 unspecified atom stereocenters. The molecule has 1 aromatic heterocycles. The Morgan fingerprint density at radius 2 is 1.79 bits per heavy atom. The standard InChI is InChI=1S/C31H36ClN5O/c1-23(26-5-3-2-4-6-26)29-12-11-27(32)17-30(29)31(38)36-15-13-35(14-16-36)21-28-19-34-22-37(28)20-25-9-7-24(18-33)8-10-25/h7-12,17,19,22-23,26H,2-6,13-16,20-21H2,1H3. The van der Waals surface area contributed by atoms with Crippen LogP contribution in [0.3, 0.4) is 0 Å². The molecule has 0 radical (unpaired) electrons. The molecule has 2 aliphatic rings. The highest BCUT2D eigenvalue weighted by Crippen LogP contribution is 2.38. The molecule has 2 fully saturated rings. The Morgan fingerprint density at radius 1 is 1.05 bits per heavy atom. The van der Waals surface area contributed by atoms with Gasteiger partial charge in [0.15, 0.2) is 0 Å². The molecule has 1 saturated carbocycles. The van der Waals surface area contributed by atoms with Crippen molar-refractivity contribution in [2.75, 3.05) is 26.2 Å². The van der Waals surface area contributed by atoms with Crippen LogP contribution < -0.4 is 0 Å². The SMILES string of the molecule is CC(c1ccc(Cl)cc1C(=O)N1CCN(Cc2cncn2Cc2ccc(C#N)cc2)CC1)C1CCCCC1. The van der Waals surface area contributed by atoms with E-state index in [-0.39, 0.29) is 5.91 Å². The van der Waals surface area contributed by atoms with Gasteiger partial charge in [0.05, 0.1) is 23.7 Å². The number of amides is 1. The number of rotatable bonds is 7. The van der Waals surface area contributed by atoms with E-state index in [1.165, 1.54) is 32.1 Å². The van der Waals surface area contributed by atoms with Gasteiger partial charge in [-0.25, -0.2) is 4.98 Å². The molecular weight excluding hydrogens is 494 g/mol. The average molecular weight is 530 g/mol. The monoisotopic (exact) mass is 529 g/mol. The molecule has 1 saturated heterocycles. The van der Waals surface area contributed by atoms with Gasteiger partial charge >= 0.3 is 0 Å². The van der Waals surface area contributed by atoms with Crippen LogP contribution in [0.4, 0.5) is 0 Å². The van der Waals surface area contributed by atoms with Crippen LogP contribution in [0.2, 0.25) is 5.02 Å². The quantitative estimate of drug-likeness (QED) is 0.371. The zero-order valence-corrected chi connectivity index (χ0v) is 22.9. The molecule has 7 heteroatoms. The van der Waals surface area contributed by atoms with Gasteiger partial charge in [-0.2, -0.15) is 5.26 Å². The number of hydrogen-bond acceptors (Lipinski definition) is 4. The molecule has 6 nitrogen and oxygen atoms in total. The first kappa shape index (κ1) is 26.5. The van der Waals surface area contributed by atoms with Gasteiger partial charge in [0.1, 0.15) is 0 Å². The van der Waals surface area contributed by atoms with Crippen molar-refractivity contribution in [3.63, 3.8) is 0 Å². The number of carbonyl (C=O) groups is 1. The molecule has 198 valence electrons. The Morgan fingerprint density at radius 3 is 2.50 bits per heavy atom. The summed E-state index contributed by atoms with van der Waals surface area (Å²) in [5.74, 6) is 1.11. The summed E-state index contributed by atoms with van der Waals surface area (Å²) >= 11 is 6.38. The van der Waals surface area contributed by atoms with Crippen LogP contribution in [0.15, 0.2) is 55.0 Å². The molecule has 2 heterocycles. The largest absolute Gasteiger partial charge is 0.336 e. The van der Waals surface area contributed by atoms with Crippen LogP contribution in [0.5, 0.6) is 0 Å². The van der Waals surface area contributed by atoms with Gasteiger partial charge in [0.2, 0.25) is 0 Å². The van der Waals surface area contributed by atoms with Crippen molar-refractivity contribution in [1.29, 1.82) is 5.26 Å². The number of imidazole rings is 1. The molecule has 0 spiro atoms. The van der Waals surface area contributed by atoms with E-state index in [1.54, 1.807) is 0 Å². The summed E-state index contributed by atoms with van der Waals surface area (Å²) in [4.78, 5) is 22.5. The second-order valence-corrected chi connectivity index (χ2v) is 11.2. The highest BCUT2D eigenvalue weighted by Gasteiger charge is 2.29. The molecule has 2 aromatic carbocycles. The van der Waals surface area contributed by atoms with Gasteiger partial charge in [-0.3, -0.25) is 9.69 Å². The van der Waals surface area contributed by atoms with E-state index in [0.717, 1.165) is 48.6 Å². The van der Waals surface area contributed by atoms with E-state index in [1.807, 2.05) is 53.8 Å². The van der Waals surface area contributed by atoms with Crippen LogP contribution >= 0.6 is 11.6 Å². The van der Waals surface area contributed by atoms with Gasteiger partial charge in [0.25, 0.3) is 5.91 Å². The lowest BCUT2D eigenvalue weighted by Gasteiger charge is -2.36. The number of nitriles is 1. The van der Waals surface area contributed by atoms with Crippen LogP contribution in [0, 0.1) is 17.2 Å². The predicted octanol–water partition coefficient (Wildman–Crippen LogP) is 6.10. The number of nitrogens with zero attached hydrogens (tertiary/aromatic N) is 5. The first-order chi connectivity index (χ1) is 18.5. The summed E-state index contributed by atoms with van der Waals surface area (Å²) in [7, 11) is 0. The van der Waals surface area contributed by atoms with E-state index in [9.17, 15) is 4.79 Å². The Hall–Kier alpha value is -3.14. The van der Waals surface area contributed by atoms with Crippen molar-refractivity contribution in [1.82, 2.24) is 19.4 Å². The van der Waals surface area contributed by atoms with E-state index in [0.29, 0.717) is 35.5 Å². The Kier molecular flexibility index (Phi) is 8.46. The maximum absolute atomic E-state index is 13.7. The third-order valence-corrected chi connectivity index (χ3v) is 8.61. The van der Waals surface area contributed by atoms with Crippen LogP contribution in [0.25, 0.3) is 0 Å². The minimum atomic E-state index is 0.107. The number of hydrogen-bond donors (Lipinski definition) is 0. The van der Waals surface area contributed by atoms with Crippen molar-refractivity contribution < 1.29 is 4.79 Å². The van der Waals surface area contributed by atoms with Crippen LogP contribution in [-0.2, 0) is 13.1 Å². The van der Waals surface area contributed by atoms with Crippen molar-refractivity contribution in [3.8, 4) is 6.07 Å². The third-order valence-electron chi connectivity index (χ3n) is 8.37. The molecule has 3 aromatic rings. The molecule has 38 heavy (non-hydrogen) atoms. The van der Waals surface area contributed by atoms with Crippen LogP contribution in [0.1, 0.15) is 77.7 Å². The fourth-order valence-electron chi connectivity index (χ4n) is 6.01. The van der Waals surface area contributed by atoms with Crippen molar-refractivity contribution in [3.05, 3.63) is 88.0 Å². The number of benzene rings is 2. The summed E-state index contributed by atoms with van der Waals surface area (Å²) in [5, 5.41) is 9.66. The van der Waals surface area contributed by atoms with Crippen molar-refractivity contribution in [2.45, 2.75) is 58.0 Å². The van der Waals surface area contributed by atoms with E-state index in [4.69, 9.17) is 16.9 Å². The van der Waals surface area contributed by atoms with Gasteiger partial charge in [-0.05, 0) is 60.1 Å². The fourth-order valence-corrected chi connectivity index (χ4v) is 6.18. The molecule has 1 amide bonds. The average Bonchev–Trinajstić information content (AvgIpc) is 3.39. The summed E-state index contributed by atoms with van der Waals surface area (Å²) in [6.07, 6.45) is 10.2. The van der Waals surface area contributed by atoms with Gasteiger partial charge in [-0.1, -0.05) is 56.0 Å². The zero-order chi connectivity index (χ0) is 26.5. The maximum atomic E-state index is 13.7. The minimum Gasteiger partial charge on any atom is -0.336 e. The zero-order valence-electron chi connectivity index (χ0n) is 22.2. The van der Waals surface area contributed by atoms with E-state index < -0.39 is 0 Å². The number of halogens is 1. The normalized spacial score (nSPS) is 17.8. The van der Waals surface area contributed by atoms with Gasteiger partial charge < -0.3 is 9.47 Å². The van der Waals surface area contributed by atoms with E-state index >= 15 is 0 Å². The Bertz CT molecular complexity index is 1280. The first-order valence-electron chi connectivity index (χ1n) is 13.8. The first-order valence-corrected chi connectivity index (χ1v) is 14.2. The second kappa shape index (κ2) is 12.1. The summed E-state index contributed by atoms with van der Waals surface area (Å²) in [6.45, 7) is 6.84. The molecule has 0 N–H and O–H groups in total. The van der Waals surface area contributed by atoms with Crippen molar-refractivity contribution >= 4 is 17.5 Å². The lowest BCUT2D eigenvalue weighted by atomic mass is 9.76. The lowest BCUT2D eigenvalue weighted by molar-refractivity contribution is 0.0623. The second-order valence-electron chi connectivity index (χ2n) is 10.8. The number of carbonyl (C=O) groups excluding carboxylic acids is 1. The Labute approximate surface area is 230 Å². The highest BCUT2D eigenvalue weighted by atomic mass is 35.5. The molecule has 1 atom stereocenters. The summed E-state index contributed by atoms with van der Waals surface area (Å²) in [6, 6.07) is 15.8. The lowest BCUT2D eigenvalue weighted by Crippen LogP contribution is -2.48. The van der Waals surface area contributed by atoms with Gasteiger partial charge in [-0.15, -0.1) is 0 Å². The fraction of sp³-hybridized carbons (Fsp3) is 0.452. The summed E-state index contributed by atoms with van der Waals surface area (Å²) < 4.78 is 2.16. The van der Waals surface area contributed by atoms with Crippen molar-refractivity contribution in [2.24, 2.45) is 5.92 Å². The predicted molar refractivity (Wildman–Crippen MR) is 150 cm³/mol. The minimum absolute atomic E-state index is 0.107. The smallest absolute Gasteiger partial charge is 0.254 e. The van der Waals surface area contributed by atoms with E-state index in [2.05, 4.69) is 33.5 Å². The summed E-state index contributed by atoms with van der Waals surface area (Å²) in [5.41, 5.74) is 4.89. The molecular formula is C31H36ClN5O. The molecule has 0 bridgehead atoms. The Balaban J connectivity index is 1.21. The molecule has 1 aliphatic carbocycles. The number of aromatic nitrogens is 2. The third kappa shape index (κ3) is 6.11. The number of piperazine rings is 1. The molecule has 5 rings (SSSR count). The van der Waals surface area contributed by atoms with Crippen LogP contribution in [-0.4, -0.2) is 51.4 Å². The van der Waals surface area contributed by atoms with Gasteiger partial charge in [0, 0.05) is 56.1 Å². The topological polar surface area (TPSA) is 65.2 Å². The highest BCUT2D eigenvalue weighted by molar-refractivity contribution is 6.31. The molecule has 1 aliphatic heterocycles.